The number of aromatic amines is 1. The maximum Gasteiger partial charge on any atom is 0.417 e. The number of likely N-dealkylation sites (tertiary alicyclic amines) is 1. The van der Waals surface area contributed by atoms with Crippen LogP contribution in [0.25, 0.3) is 22.2 Å². The third-order valence-electron chi connectivity index (χ3n) is 6.57. The lowest BCUT2D eigenvalue weighted by Crippen LogP contribution is -2.43. The fourth-order valence-corrected chi connectivity index (χ4v) is 4.76. The summed E-state index contributed by atoms with van der Waals surface area (Å²) in [6, 6.07) is 15.6. The molecule has 4 aromatic rings. The number of aromatic nitrogens is 2. The number of anilines is 1. The molecule has 2 N–H and O–H groups in total. The maximum atomic E-state index is 13.8. The number of benzene rings is 2. The molecule has 2 aromatic carbocycles. The van der Waals surface area contributed by atoms with Crippen molar-refractivity contribution in [3.63, 3.8) is 0 Å². The normalized spacial score (nSPS) is 14.7. The van der Waals surface area contributed by atoms with Gasteiger partial charge in [0.15, 0.2) is 0 Å². The number of carbonyl (C=O) groups is 2. The van der Waals surface area contributed by atoms with Crippen molar-refractivity contribution in [3.05, 3.63) is 84.2 Å². The van der Waals surface area contributed by atoms with Gasteiger partial charge in [0.2, 0.25) is 0 Å². The highest BCUT2D eigenvalue weighted by Crippen LogP contribution is 2.39. The van der Waals surface area contributed by atoms with E-state index in [2.05, 4.69) is 15.3 Å². The molecule has 0 spiro atoms. The van der Waals surface area contributed by atoms with Gasteiger partial charge in [0.25, 0.3) is 0 Å². The summed E-state index contributed by atoms with van der Waals surface area (Å²) < 4.78 is 41.3. The summed E-state index contributed by atoms with van der Waals surface area (Å²) in [4.78, 5) is 34.3. The summed E-state index contributed by atoms with van der Waals surface area (Å²) in [5.74, 6) is -1.49. The smallest absolute Gasteiger partial charge is 0.346 e. The van der Waals surface area contributed by atoms with Gasteiger partial charge in [-0.3, -0.25) is 9.59 Å². The minimum Gasteiger partial charge on any atom is -0.346 e. The molecule has 0 radical (unpaired) electrons. The van der Waals surface area contributed by atoms with Gasteiger partial charge in [-0.1, -0.05) is 36.4 Å². The van der Waals surface area contributed by atoms with Crippen LogP contribution in [0.1, 0.15) is 29.9 Å². The first-order valence-electron chi connectivity index (χ1n) is 11.6. The second-order valence-corrected chi connectivity index (χ2v) is 8.79. The van der Waals surface area contributed by atoms with Gasteiger partial charge in [-0.25, -0.2) is 4.98 Å². The van der Waals surface area contributed by atoms with Crippen LogP contribution in [0, 0.1) is 0 Å². The maximum absolute atomic E-state index is 13.8. The molecule has 5 rings (SSSR count). The summed E-state index contributed by atoms with van der Waals surface area (Å²) in [6.07, 6.45) is 0.366. The average Bonchev–Trinajstić information content (AvgIpc) is 3.32. The molecule has 1 aliphatic heterocycles. The molecule has 1 fully saturated rings. The molecule has 0 bridgehead atoms. The van der Waals surface area contributed by atoms with E-state index < -0.39 is 23.6 Å². The van der Waals surface area contributed by atoms with Crippen LogP contribution in [0.2, 0.25) is 0 Å². The van der Waals surface area contributed by atoms with Crippen LogP contribution in [0.3, 0.4) is 0 Å². The molecule has 2 aromatic heterocycles. The molecule has 1 saturated heterocycles. The second-order valence-electron chi connectivity index (χ2n) is 8.79. The zero-order valence-corrected chi connectivity index (χ0v) is 19.2. The van der Waals surface area contributed by atoms with Gasteiger partial charge < -0.3 is 15.2 Å². The Kier molecular flexibility index (Phi) is 6.22. The average molecular weight is 493 g/mol. The Hall–Kier alpha value is -4.14. The molecule has 1 aliphatic rings. The van der Waals surface area contributed by atoms with E-state index in [-0.39, 0.29) is 17.2 Å². The molecule has 2 amide bonds. The van der Waals surface area contributed by atoms with E-state index in [9.17, 15) is 22.8 Å². The minimum atomic E-state index is -4.63. The molecule has 36 heavy (non-hydrogen) atoms. The lowest BCUT2D eigenvalue weighted by atomic mass is 9.89. The molecule has 9 heteroatoms. The van der Waals surface area contributed by atoms with Gasteiger partial charge in [-0.15, -0.1) is 0 Å². The number of fused-ring (bicyclic) bond motifs is 1. The number of alkyl halides is 3. The molecule has 3 heterocycles. The largest absolute Gasteiger partial charge is 0.417 e. The first-order chi connectivity index (χ1) is 17.3. The van der Waals surface area contributed by atoms with Gasteiger partial charge >= 0.3 is 18.0 Å². The number of halogens is 3. The van der Waals surface area contributed by atoms with Crippen LogP contribution in [0.15, 0.2) is 73.1 Å². The van der Waals surface area contributed by atoms with Gasteiger partial charge in [0.1, 0.15) is 5.65 Å². The summed E-state index contributed by atoms with van der Waals surface area (Å²) in [5.41, 5.74) is 1.39. The van der Waals surface area contributed by atoms with Crippen molar-refractivity contribution in [1.82, 2.24) is 14.9 Å². The topological polar surface area (TPSA) is 78.1 Å². The monoisotopic (exact) mass is 492 g/mol. The van der Waals surface area contributed by atoms with Gasteiger partial charge in [-0.2, -0.15) is 13.2 Å². The zero-order valence-electron chi connectivity index (χ0n) is 19.2. The fourth-order valence-electron chi connectivity index (χ4n) is 4.76. The van der Waals surface area contributed by atoms with Crippen molar-refractivity contribution in [1.29, 1.82) is 0 Å². The Morgan fingerprint density at radius 1 is 1.00 bits per heavy atom. The Morgan fingerprint density at radius 3 is 2.47 bits per heavy atom. The predicted octanol–water partition coefficient (Wildman–Crippen LogP) is 5.59. The summed E-state index contributed by atoms with van der Waals surface area (Å²) >= 11 is 0. The molecule has 0 aliphatic carbocycles. The number of nitrogens with one attached hydrogen (secondary N) is 2. The van der Waals surface area contributed by atoms with Gasteiger partial charge in [-0.05, 0) is 59.7 Å². The van der Waals surface area contributed by atoms with Crippen LogP contribution in [0.4, 0.5) is 18.9 Å². The standard InChI is InChI=1S/C27H23F3N4O2/c28-27(29,30)23-15-19(8-9-20(23)17-5-2-1-3-6-17)33-25(35)26(36)34-13-10-18(11-14-34)22-16-32-24-21(22)7-4-12-31-24/h1-9,12,15-16,18H,10-11,13-14H2,(H,31,32)(H,33,35). The quantitative estimate of drug-likeness (QED) is 0.366. The van der Waals surface area contributed by atoms with Gasteiger partial charge in [0, 0.05) is 36.6 Å². The van der Waals surface area contributed by atoms with Crippen molar-refractivity contribution in [2.75, 3.05) is 18.4 Å². The third kappa shape index (κ3) is 4.68. The fraction of sp³-hybridized carbons (Fsp3) is 0.222. The van der Waals surface area contributed by atoms with E-state index in [1.54, 1.807) is 36.5 Å². The highest BCUT2D eigenvalue weighted by atomic mass is 19.4. The number of hydrogen-bond donors (Lipinski definition) is 2. The van der Waals surface area contributed by atoms with E-state index in [0.717, 1.165) is 22.7 Å². The van der Waals surface area contributed by atoms with Crippen LogP contribution in [0.5, 0.6) is 0 Å². The lowest BCUT2D eigenvalue weighted by Gasteiger charge is -2.31. The zero-order chi connectivity index (χ0) is 25.3. The number of hydrogen-bond acceptors (Lipinski definition) is 3. The van der Waals surface area contributed by atoms with E-state index in [1.807, 2.05) is 18.3 Å². The van der Waals surface area contributed by atoms with Crippen molar-refractivity contribution in [2.45, 2.75) is 24.9 Å². The van der Waals surface area contributed by atoms with E-state index >= 15 is 0 Å². The highest BCUT2D eigenvalue weighted by molar-refractivity contribution is 6.39. The second kappa shape index (κ2) is 9.49. The first-order valence-corrected chi connectivity index (χ1v) is 11.6. The summed E-state index contributed by atoms with van der Waals surface area (Å²) in [5, 5.41) is 3.39. The molecule has 184 valence electrons. The van der Waals surface area contributed by atoms with Crippen molar-refractivity contribution in [2.24, 2.45) is 0 Å². The highest BCUT2D eigenvalue weighted by Gasteiger charge is 2.35. The number of carbonyl (C=O) groups excluding carboxylic acids is 2. The van der Waals surface area contributed by atoms with E-state index in [1.165, 1.54) is 17.0 Å². The Bertz CT molecular complexity index is 1410. The first kappa shape index (κ1) is 23.6. The number of rotatable bonds is 3. The Morgan fingerprint density at radius 2 is 1.75 bits per heavy atom. The van der Waals surface area contributed by atoms with E-state index in [0.29, 0.717) is 31.5 Å². The molecule has 6 nitrogen and oxygen atoms in total. The Labute approximate surface area is 205 Å². The van der Waals surface area contributed by atoms with Crippen molar-refractivity contribution >= 4 is 28.5 Å². The van der Waals surface area contributed by atoms with E-state index in [4.69, 9.17) is 0 Å². The minimum absolute atomic E-state index is 0.00183. The third-order valence-corrected chi connectivity index (χ3v) is 6.57. The number of pyridine rings is 1. The van der Waals surface area contributed by atoms with Crippen LogP contribution in [-0.2, 0) is 15.8 Å². The van der Waals surface area contributed by atoms with Crippen molar-refractivity contribution < 1.29 is 22.8 Å². The predicted molar refractivity (Wildman–Crippen MR) is 130 cm³/mol. The number of nitrogens with zero attached hydrogens (tertiary/aromatic N) is 2. The van der Waals surface area contributed by atoms with Crippen LogP contribution < -0.4 is 5.32 Å². The number of amides is 2. The van der Waals surface area contributed by atoms with Crippen LogP contribution in [-0.4, -0.2) is 39.8 Å². The summed E-state index contributed by atoms with van der Waals surface area (Å²) in [6.45, 7) is 0.759. The SMILES string of the molecule is O=C(Nc1ccc(-c2ccccc2)c(C(F)(F)F)c1)C(=O)N1CCC(c2c[nH]c3ncccc23)CC1. The molecule has 0 unspecified atom stereocenters. The summed E-state index contributed by atoms with van der Waals surface area (Å²) in [7, 11) is 0. The van der Waals surface area contributed by atoms with Gasteiger partial charge in [0.05, 0.1) is 5.56 Å². The number of H-pyrrole nitrogens is 1. The molecule has 0 saturated carbocycles. The molecular weight excluding hydrogens is 469 g/mol. The Balaban J connectivity index is 1.26. The lowest BCUT2D eigenvalue weighted by molar-refractivity contribution is -0.143. The molecular formula is C27H23F3N4O2. The number of piperidine rings is 1. The van der Waals surface area contributed by atoms with Crippen molar-refractivity contribution in [3.8, 4) is 11.1 Å². The molecule has 0 atom stereocenters. The van der Waals surface area contributed by atoms with Crippen LogP contribution >= 0.6 is 0 Å².